The van der Waals surface area contributed by atoms with Crippen molar-refractivity contribution in [2.45, 2.75) is 0 Å². The Hall–Kier alpha value is 0.515. The van der Waals surface area contributed by atoms with E-state index in [0.29, 0.717) is 0 Å². The van der Waals surface area contributed by atoms with Gasteiger partial charge in [0.15, 0.2) is 18.1 Å². The summed E-state index contributed by atoms with van der Waals surface area (Å²) < 4.78 is 3.56. The van der Waals surface area contributed by atoms with E-state index in [2.05, 4.69) is 4.17 Å². The number of nitrogens with zero attached hydrogens (tertiary/aromatic N) is 1. The summed E-state index contributed by atoms with van der Waals surface area (Å²) in [6.07, 6.45) is 0. The molecular weight excluding hydrogens is 135 g/mol. The van der Waals surface area contributed by atoms with E-state index in [9.17, 15) is 0 Å². The van der Waals surface area contributed by atoms with Gasteiger partial charge in [-0.05, 0) is 0 Å². The van der Waals surface area contributed by atoms with Crippen molar-refractivity contribution in [1.82, 2.24) is 4.17 Å². The van der Waals surface area contributed by atoms with Crippen LogP contribution >= 0.6 is 18.1 Å². The first-order chi connectivity index (χ1) is 3.15. The Morgan fingerprint density at radius 3 is 1.43 bits per heavy atom. The largest absolute Gasteiger partial charge is 0.832 e. The van der Waals surface area contributed by atoms with E-state index in [1.165, 1.54) is 0 Å². The minimum atomic E-state index is -2.42. The first-order valence-corrected chi connectivity index (χ1v) is 2.65. The molecule has 0 aromatic carbocycles. The molecule has 0 rings (SSSR count). The highest BCUT2D eigenvalue weighted by Crippen LogP contribution is 1.40. The summed E-state index contributed by atoms with van der Waals surface area (Å²) in [6, 6.07) is 0. The lowest BCUT2D eigenvalue weighted by atomic mass is 10.3. The first-order valence-electron chi connectivity index (χ1n) is 1.38. The molecule has 2 unspecified atom stereocenters. The molecule has 0 spiro atoms. The highest BCUT2D eigenvalue weighted by Gasteiger charge is 1.68. The fourth-order valence-electron chi connectivity index (χ4n) is 0. The third-order valence-electron chi connectivity index (χ3n) is 0. The van der Waals surface area contributed by atoms with Crippen LogP contribution in [0.15, 0.2) is 0 Å². The SMILES string of the molecule is [O-]B(O)O.[PH3]=[N+]=[PH3]. The van der Waals surface area contributed by atoms with Gasteiger partial charge in [-0.15, -0.1) is 0 Å². The van der Waals surface area contributed by atoms with Crippen LogP contribution in [0.1, 0.15) is 0 Å². The summed E-state index contributed by atoms with van der Waals surface area (Å²) in [7, 11) is 0.806. The van der Waals surface area contributed by atoms with Crippen LogP contribution in [0.25, 0.3) is 0 Å². The van der Waals surface area contributed by atoms with Crippen molar-refractivity contribution in [2.75, 3.05) is 0 Å². The molecule has 4 nitrogen and oxygen atoms in total. The Morgan fingerprint density at radius 1 is 1.43 bits per heavy atom. The Balaban J connectivity index is 0. The van der Waals surface area contributed by atoms with E-state index in [-0.39, 0.29) is 0 Å². The van der Waals surface area contributed by atoms with Gasteiger partial charge < -0.3 is 15.1 Å². The molecule has 0 radical (unpaired) electrons. The van der Waals surface area contributed by atoms with Gasteiger partial charge in [-0.3, -0.25) is 0 Å². The first kappa shape index (κ1) is 10.5. The van der Waals surface area contributed by atoms with E-state index in [4.69, 9.17) is 15.1 Å². The second-order valence-electron chi connectivity index (χ2n) is 0.550. The zero-order valence-corrected chi connectivity index (χ0v) is 6.57. The standard InChI is InChI=1S/BH2O3.H6NP2/c2-1(3)4;2-1-3/h2-3H;2-3H3/q-1;+1. The maximum absolute atomic E-state index is 8.64. The molecule has 0 amide bonds. The number of hydrogen-bond acceptors (Lipinski definition) is 3. The van der Waals surface area contributed by atoms with Crippen molar-refractivity contribution >= 4 is 25.4 Å². The topological polar surface area (TPSA) is 77.6 Å². The molecule has 2 atom stereocenters. The number of hydrogen-bond donors (Lipinski definition) is 2. The number of rotatable bonds is 0. The van der Waals surface area contributed by atoms with Crippen molar-refractivity contribution in [3.05, 3.63) is 0 Å². The highest BCUT2D eigenvalue weighted by atomic mass is 31.0. The van der Waals surface area contributed by atoms with Crippen molar-refractivity contribution in [2.24, 2.45) is 0 Å². The predicted molar refractivity (Wildman–Crippen MR) is 34.5 cm³/mol. The van der Waals surface area contributed by atoms with Crippen LogP contribution < -0.4 is 9.20 Å². The third kappa shape index (κ3) is 501. The molecule has 0 aliphatic heterocycles. The van der Waals surface area contributed by atoms with Gasteiger partial charge in [-0.1, -0.05) is 0 Å². The van der Waals surface area contributed by atoms with E-state index in [1.54, 1.807) is 18.1 Å². The Morgan fingerprint density at radius 2 is 1.43 bits per heavy atom. The lowest BCUT2D eigenvalue weighted by Crippen LogP contribution is -2.29. The second kappa shape index (κ2) is 9.72. The fraction of sp³-hybridized carbons (Fsp3) is 0. The summed E-state index contributed by atoms with van der Waals surface area (Å²) in [6.45, 7) is 0. The normalized spacial score (nSPS) is 6.14. The van der Waals surface area contributed by atoms with Crippen LogP contribution in [0.4, 0.5) is 0 Å². The lowest BCUT2D eigenvalue weighted by Gasteiger charge is -1.92. The molecule has 0 aliphatic rings. The molecule has 2 N–H and O–H groups in total. The smallest absolute Gasteiger partial charge is 0.339 e. The molecule has 0 aromatic heterocycles. The fourth-order valence-corrected chi connectivity index (χ4v) is 0. The molecule has 0 fully saturated rings. The van der Waals surface area contributed by atoms with Crippen molar-refractivity contribution < 1.29 is 15.1 Å². The van der Waals surface area contributed by atoms with Crippen LogP contribution in [0.2, 0.25) is 0 Å². The van der Waals surface area contributed by atoms with Gasteiger partial charge in [-0.25, -0.2) is 0 Å². The molecule has 44 valence electrons. The predicted octanol–water partition coefficient (Wildman–Crippen LogP) is -3.05. The monoisotopic (exact) mass is 143 g/mol. The van der Waals surface area contributed by atoms with E-state index < -0.39 is 7.32 Å². The molecule has 7 heavy (non-hydrogen) atoms. The van der Waals surface area contributed by atoms with E-state index in [1.807, 2.05) is 0 Å². The van der Waals surface area contributed by atoms with Gasteiger partial charge in [0.2, 0.25) is 0 Å². The Labute approximate surface area is 45.6 Å². The van der Waals surface area contributed by atoms with Crippen LogP contribution in [0.5, 0.6) is 0 Å². The molecule has 0 saturated carbocycles. The van der Waals surface area contributed by atoms with Crippen molar-refractivity contribution in [3.63, 3.8) is 0 Å². The summed E-state index contributed by atoms with van der Waals surface area (Å²) >= 11 is 0. The van der Waals surface area contributed by atoms with Crippen LogP contribution in [0.3, 0.4) is 0 Å². The van der Waals surface area contributed by atoms with Gasteiger partial charge in [0.05, 0.1) is 0 Å². The molecular formula is H8BNO3P2. The average Bonchev–Trinajstić information content (AvgIpc) is 1.33. The minimum absolute atomic E-state index is 1.61. The summed E-state index contributed by atoms with van der Waals surface area (Å²) in [5.74, 6) is 0. The van der Waals surface area contributed by atoms with E-state index >= 15 is 0 Å². The zero-order chi connectivity index (χ0) is 6.28. The molecule has 0 saturated heterocycles. The summed E-state index contributed by atoms with van der Waals surface area (Å²) in [4.78, 5) is 0. The molecule has 0 aromatic rings. The lowest BCUT2D eigenvalue weighted by molar-refractivity contribution is -0.242. The van der Waals surface area contributed by atoms with Crippen LogP contribution in [0, 0.1) is 0 Å². The van der Waals surface area contributed by atoms with Gasteiger partial charge in [0.25, 0.3) is 0 Å². The maximum Gasteiger partial charge on any atom is 0.339 e. The highest BCUT2D eigenvalue weighted by molar-refractivity contribution is 7.12. The van der Waals surface area contributed by atoms with Gasteiger partial charge in [0.1, 0.15) is 0 Å². The quantitative estimate of drug-likeness (QED) is 0.215. The second-order valence-corrected chi connectivity index (χ2v) is 2.34. The molecule has 0 bridgehead atoms. The van der Waals surface area contributed by atoms with Crippen molar-refractivity contribution in [1.29, 1.82) is 0 Å². The van der Waals surface area contributed by atoms with E-state index in [0.717, 1.165) is 0 Å². The van der Waals surface area contributed by atoms with Gasteiger partial charge in [-0.2, -0.15) is 4.17 Å². The average molecular weight is 143 g/mol. The maximum atomic E-state index is 8.64. The minimum Gasteiger partial charge on any atom is -0.832 e. The zero-order valence-electron chi connectivity index (χ0n) is 3.74. The third-order valence-corrected chi connectivity index (χ3v) is 0. The summed E-state index contributed by atoms with van der Waals surface area (Å²) in [5, 5.41) is 22.8. The molecule has 0 aliphatic carbocycles. The Kier molecular flexibility index (Phi) is 14.6. The molecule has 7 heteroatoms. The molecule has 0 heterocycles. The van der Waals surface area contributed by atoms with Gasteiger partial charge in [0, 0.05) is 0 Å². The van der Waals surface area contributed by atoms with Crippen molar-refractivity contribution in [3.8, 4) is 0 Å². The van der Waals surface area contributed by atoms with Crippen LogP contribution in [-0.2, 0) is 0 Å². The van der Waals surface area contributed by atoms with Crippen LogP contribution in [-0.4, -0.2) is 17.4 Å². The van der Waals surface area contributed by atoms with Gasteiger partial charge >= 0.3 is 7.32 Å². The summed E-state index contributed by atoms with van der Waals surface area (Å²) in [5.41, 5.74) is 0. The Bertz CT molecular complexity index is 55.2.